The van der Waals surface area contributed by atoms with Crippen molar-refractivity contribution in [2.45, 2.75) is 73.8 Å². The molecule has 0 rings (SSSR count). The first-order chi connectivity index (χ1) is 7.77. The molecule has 104 valence electrons. The maximum Gasteiger partial charge on any atom is 0.0629 e. The lowest BCUT2D eigenvalue weighted by molar-refractivity contribution is -0.0388. The van der Waals surface area contributed by atoms with Gasteiger partial charge in [-0.05, 0) is 29.6 Å². The molecule has 1 heteroatoms. The van der Waals surface area contributed by atoms with E-state index >= 15 is 0 Å². The summed E-state index contributed by atoms with van der Waals surface area (Å²) in [6.45, 7) is 16.3. The fourth-order valence-electron chi connectivity index (χ4n) is 2.61. The van der Waals surface area contributed by atoms with Gasteiger partial charge >= 0.3 is 0 Å². The second kappa shape index (κ2) is 7.41. The summed E-state index contributed by atoms with van der Waals surface area (Å²) in [7, 11) is 1.88. The molecule has 0 saturated heterocycles. The maximum absolute atomic E-state index is 5.84. The molecule has 1 nitrogen and oxygen atoms in total. The van der Waals surface area contributed by atoms with Crippen molar-refractivity contribution >= 4 is 0 Å². The summed E-state index contributed by atoms with van der Waals surface area (Å²) < 4.78 is 5.84. The third-order valence-corrected chi connectivity index (χ3v) is 4.34. The number of hydrogen-bond donors (Lipinski definition) is 0. The molecule has 4 unspecified atom stereocenters. The number of hydrogen-bond acceptors (Lipinski definition) is 1. The third kappa shape index (κ3) is 5.42. The normalized spacial score (nSPS) is 19.8. The van der Waals surface area contributed by atoms with Crippen LogP contribution in [0.4, 0.5) is 0 Å². The molecule has 0 aromatic rings. The van der Waals surface area contributed by atoms with Crippen molar-refractivity contribution in [3.8, 4) is 0 Å². The second-order valence-electron chi connectivity index (χ2n) is 6.81. The Balaban J connectivity index is 4.88. The molecule has 0 saturated carbocycles. The average molecular weight is 242 g/mol. The van der Waals surface area contributed by atoms with Gasteiger partial charge in [0.15, 0.2) is 0 Å². The van der Waals surface area contributed by atoms with Gasteiger partial charge < -0.3 is 4.74 Å². The molecule has 0 amide bonds. The van der Waals surface area contributed by atoms with Crippen molar-refractivity contribution < 1.29 is 4.74 Å². The molecule has 0 aliphatic rings. The van der Waals surface area contributed by atoms with Crippen LogP contribution in [0.15, 0.2) is 0 Å². The van der Waals surface area contributed by atoms with Gasteiger partial charge in [-0.1, -0.05) is 61.3 Å². The van der Waals surface area contributed by atoms with Crippen molar-refractivity contribution in [3.63, 3.8) is 0 Å². The molecule has 4 atom stereocenters. The van der Waals surface area contributed by atoms with Gasteiger partial charge in [-0.15, -0.1) is 0 Å². The Morgan fingerprint density at radius 2 is 1.53 bits per heavy atom. The molecule has 0 aliphatic heterocycles. The van der Waals surface area contributed by atoms with E-state index in [0.29, 0.717) is 23.4 Å². The quantitative estimate of drug-likeness (QED) is 0.600. The van der Waals surface area contributed by atoms with Crippen LogP contribution in [-0.4, -0.2) is 13.2 Å². The van der Waals surface area contributed by atoms with Gasteiger partial charge in [0.1, 0.15) is 0 Å². The van der Waals surface area contributed by atoms with Crippen molar-refractivity contribution in [3.05, 3.63) is 0 Å². The molecule has 0 aromatic heterocycles. The van der Waals surface area contributed by atoms with Gasteiger partial charge in [0.2, 0.25) is 0 Å². The molecule has 0 bridgehead atoms. The largest absolute Gasteiger partial charge is 0.381 e. The van der Waals surface area contributed by atoms with E-state index in [-0.39, 0.29) is 0 Å². The average Bonchev–Trinajstić information content (AvgIpc) is 2.26. The minimum Gasteiger partial charge on any atom is -0.381 e. The Bertz CT molecular complexity index is 192. The van der Waals surface area contributed by atoms with Crippen molar-refractivity contribution in [1.82, 2.24) is 0 Å². The lowest BCUT2D eigenvalue weighted by atomic mass is 9.69. The van der Waals surface area contributed by atoms with Crippen LogP contribution in [0.5, 0.6) is 0 Å². The molecule has 0 fully saturated rings. The Hall–Kier alpha value is -0.0400. The summed E-state index contributed by atoms with van der Waals surface area (Å²) in [5, 5.41) is 0. The minimum absolute atomic E-state index is 0.327. The van der Waals surface area contributed by atoms with E-state index in [4.69, 9.17) is 4.74 Å². The van der Waals surface area contributed by atoms with Gasteiger partial charge in [-0.3, -0.25) is 0 Å². The van der Waals surface area contributed by atoms with Crippen LogP contribution < -0.4 is 0 Å². The van der Waals surface area contributed by atoms with E-state index in [0.717, 1.165) is 5.92 Å². The molecule has 0 heterocycles. The SMILES string of the molecule is CCC(C)CC(C(OC)C(C)CC)C(C)(C)C. The molecular weight excluding hydrogens is 208 g/mol. The predicted molar refractivity (Wildman–Crippen MR) is 77.3 cm³/mol. The van der Waals surface area contributed by atoms with Gasteiger partial charge in [-0.25, -0.2) is 0 Å². The van der Waals surface area contributed by atoms with E-state index in [1.165, 1.54) is 19.3 Å². The summed E-state index contributed by atoms with van der Waals surface area (Å²) in [6.07, 6.45) is 4.15. The fraction of sp³-hybridized carbons (Fsp3) is 1.00. The highest BCUT2D eigenvalue weighted by Gasteiger charge is 2.35. The van der Waals surface area contributed by atoms with Crippen molar-refractivity contribution in [2.75, 3.05) is 7.11 Å². The van der Waals surface area contributed by atoms with Crippen LogP contribution >= 0.6 is 0 Å². The van der Waals surface area contributed by atoms with E-state index in [1.807, 2.05) is 7.11 Å². The van der Waals surface area contributed by atoms with Crippen LogP contribution in [0, 0.1) is 23.2 Å². The summed E-state index contributed by atoms with van der Waals surface area (Å²) >= 11 is 0. The first-order valence-electron chi connectivity index (χ1n) is 7.30. The topological polar surface area (TPSA) is 9.23 Å². The Labute approximate surface area is 109 Å². The Kier molecular flexibility index (Phi) is 7.39. The van der Waals surface area contributed by atoms with Gasteiger partial charge in [0, 0.05) is 7.11 Å². The maximum atomic E-state index is 5.84. The zero-order valence-electron chi connectivity index (χ0n) is 13.3. The van der Waals surface area contributed by atoms with Crippen LogP contribution in [0.2, 0.25) is 0 Å². The van der Waals surface area contributed by atoms with Crippen LogP contribution in [-0.2, 0) is 4.74 Å². The molecule has 0 aliphatic carbocycles. The first kappa shape index (κ1) is 17.0. The summed E-state index contributed by atoms with van der Waals surface area (Å²) in [4.78, 5) is 0. The second-order valence-corrected chi connectivity index (χ2v) is 6.81. The number of rotatable bonds is 7. The van der Waals surface area contributed by atoms with Gasteiger partial charge in [-0.2, -0.15) is 0 Å². The smallest absolute Gasteiger partial charge is 0.0629 e. The molecular formula is C16H34O. The summed E-state index contributed by atoms with van der Waals surface area (Å²) in [5.41, 5.74) is 0.327. The highest BCUT2D eigenvalue weighted by Crippen LogP contribution is 2.38. The highest BCUT2D eigenvalue weighted by atomic mass is 16.5. The third-order valence-electron chi connectivity index (χ3n) is 4.34. The molecule has 17 heavy (non-hydrogen) atoms. The Morgan fingerprint density at radius 1 is 1.00 bits per heavy atom. The number of methoxy groups -OCH3 is 1. The van der Waals surface area contributed by atoms with Crippen LogP contribution in [0.3, 0.4) is 0 Å². The minimum atomic E-state index is 0.327. The lowest BCUT2D eigenvalue weighted by Crippen LogP contribution is -2.38. The standard InChI is InChI=1S/C16H34O/c1-9-12(3)11-14(16(5,6)7)15(17-8)13(4)10-2/h12-15H,9-11H2,1-8H3. The van der Waals surface area contributed by atoms with E-state index in [1.54, 1.807) is 0 Å². The monoisotopic (exact) mass is 242 g/mol. The highest BCUT2D eigenvalue weighted by molar-refractivity contribution is 4.85. The first-order valence-corrected chi connectivity index (χ1v) is 7.30. The fourth-order valence-corrected chi connectivity index (χ4v) is 2.61. The number of ether oxygens (including phenoxy) is 1. The molecule has 0 spiro atoms. The van der Waals surface area contributed by atoms with Gasteiger partial charge in [0.25, 0.3) is 0 Å². The van der Waals surface area contributed by atoms with E-state index in [9.17, 15) is 0 Å². The predicted octanol–water partition coefficient (Wildman–Crippen LogP) is 5.15. The van der Waals surface area contributed by atoms with E-state index < -0.39 is 0 Å². The molecule has 0 N–H and O–H groups in total. The zero-order chi connectivity index (χ0) is 13.6. The summed E-state index contributed by atoms with van der Waals surface area (Å²) in [6, 6.07) is 0. The van der Waals surface area contributed by atoms with Crippen molar-refractivity contribution in [2.24, 2.45) is 23.2 Å². The van der Waals surface area contributed by atoms with Crippen LogP contribution in [0.1, 0.15) is 67.7 Å². The molecule has 0 radical (unpaired) electrons. The van der Waals surface area contributed by atoms with Gasteiger partial charge in [0.05, 0.1) is 6.10 Å². The zero-order valence-corrected chi connectivity index (χ0v) is 13.3. The molecule has 0 aromatic carbocycles. The Morgan fingerprint density at radius 3 is 1.82 bits per heavy atom. The van der Waals surface area contributed by atoms with Crippen LogP contribution in [0.25, 0.3) is 0 Å². The van der Waals surface area contributed by atoms with Crippen molar-refractivity contribution in [1.29, 1.82) is 0 Å². The lowest BCUT2D eigenvalue weighted by Gasteiger charge is -2.40. The van der Waals surface area contributed by atoms with E-state index in [2.05, 4.69) is 48.5 Å². The summed E-state index contributed by atoms with van der Waals surface area (Å²) in [5.74, 6) is 2.09.